The van der Waals surface area contributed by atoms with Crippen LogP contribution in [0.1, 0.15) is 39.7 Å². The maximum atomic E-state index is 15.0. The van der Waals surface area contributed by atoms with Gasteiger partial charge >= 0.3 is 6.09 Å². The molecular weight excluding hydrogens is 521 g/mol. The van der Waals surface area contributed by atoms with Crippen LogP contribution in [0.2, 0.25) is 0 Å². The number of carbonyl (C=O) groups excluding carboxylic acids is 2. The Labute approximate surface area is 229 Å². The van der Waals surface area contributed by atoms with Gasteiger partial charge in [0.2, 0.25) is 5.91 Å². The lowest BCUT2D eigenvalue weighted by atomic mass is 9.94. The maximum Gasteiger partial charge on any atom is 0.411 e. The Morgan fingerprint density at radius 1 is 1.13 bits per heavy atom. The molecular formula is C29H36FN3O5S. The lowest BCUT2D eigenvalue weighted by Crippen LogP contribution is -2.57. The number of ether oxygens (including phenoxy) is 1. The lowest BCUT2D eigenvalue weighted by molar-refractivity contribution is -0.128. The van der Waals surface area contributed by atoms with Crippen molar-refractivity contribution in [1.29, 1.82) is 0 Å². The number of piperidine rings is 1. The number of sulfone groups is 1. The van der Waals surface area contributed by atoms with Crippen molar-refractivity contribution in [2.75, 3.05) is 6.26 Å². The maximum absolute atomic E-state index is 15.0. The van der Waals surface area contributed by atoms with Crippen molar-refractivity contribution in [3.05, 3.63) is 53.8 Å². The van der Waals surface area contributed by atoms with Crippen molar-refractivity contribution in [1.82, 2.24) is 10.2 Å². The van der Waals surface area contributed by atoms with E-state index >= 15 is 4.39 Å². The molecule has 2 bridgehead atoms. The van der Waals surface area contributed by atoms with Crippen molar-refractivity contribution in [2.24, 2.45) is 29.4 Å². The summed E-state index contributed by atoms with van der Waals surface area (Å²) in [5.74, 6) is 0.573. The van der Waals surface area contributed by atoms with Crippen molar-refractivity contribution >= 4 is 21.8 Å². The van der Waals surface area contributed by atoms with Crippen molar-refractivity contribution in [2.45, 2.75) is 69.3 Å². The topological polar surface area (TPSA) is 119 Å². The fourth-order valence-electron chi connectivity index (χ4n) is 6.68. The van der Waals surface area contributed by atoms with Gasteiger partial charge in [-0.15, -0.1) is 0 Å². The molecule has 3 aliphatic rings. The number of amides is 2. The number of benzene rings is 2. The average molecular weight is 558 g/mol. The first kappa shape index (κ1) is 27.6. The molecule has 7 unspecified atom stereocenters. The second-order valence-electron chi connectivity index (χ2n) is 12.2. The normalized spacial score (nSPS) is 28.1. The summed E-state index contributed by atoms with van der Waals surface area (Å²) in [5.41, 5.74) is 7.19. The van der Waals surface area contributed by atoms with E-state index < -0.39 is 39.6 Å². The molecule has 2 amide bonds. The van der Waals surface area contributed by atoms with Crippen LogP contribution < -0.4 is 11.1 Å². The van der Waals surface area contributed by atoms with Crippen LogP contribution in [0.3, 0.4) is 0 Å². The Kier molecular flexibility index (Phi) is 6.78. The summed E-state index contributed by atoms with van der Waals surface area (Å²) >= 11 is 0. The minimum Gasteiger partial charge on any atom is -0.444 e. The Morgan fingerprint density at radius 2 is 1.77 bits per heavy atom. The van der Waals surface area contributed by atoms with Crippen LogP contribution in [0.15, 0.2) is 47.4 Å². The number of carbonyl (C=O) groups is 2. The van der Waals surface area contributed by atoms with Gasteiger partial charge in [-0.25, -0.2) is 17.6 Å². The van der Waals surface area contributed by atoms with Gasteiger partial charge in [0.05, 0.1) is 11.1 Å². The number of likely N-dealkylation sites (tertiary alicyclic amines) is 1. The van der Waals surface area contributed by atoms with Gasteiger partial charge in [0.25, 0.3) is 0 Å². The van der Waals surface area contributed by atoms with Gasteiger partial charge in [0.15, 0.2) is 9.84 Å². The number of fused-ring (bicyclic) bond motifs is 5. The molecule has 0 aromatic heterocycles. The van der Waals surface area contributed by atoms with E-state index in [4.69, 9.17) is 10.5 Å². The molecule has 5 rings (SSSR count). The zero-order valence-electron chi connectivity index (χ0n) is 22.8. The lowest BCUT2D eigenvalue weighted by Gasteiger charge is -2.35. The Morgan fingerprint density at radius 3 is 2.36 bits per heavy atom. The number of hydrogen-bond donors (Lipinski definition) is 2. The predicted molar refractivity (Wildman–Crippen MR) is 145 cm³/mol. The minimum absolute atomic E-state index is 0.00619. The first-order chi connectivity index (χ1) is 18.2. The van der Waals surface area contributed by atoms with Gasteiger partial charge in [-0.1, -0.05) is 31.2 Å². The summed E-state index contributed by atoms with van der Waals surface area (Å²) in [6.45, 7) is 7.58. The second kappa shape index (κ2) is 9.59. The zero-order valence-corrected chi connectivity index (χ0v) is 23.7. The highest BCUT2D eigenvalue weighted by molar-refractivity contribution is 7.90. The highest BCUT2D eigenvalue weighted by Gasteiger charge is 2.71. The number of nitrogens with two attached hydrogens (primary N) is 1. The molecule has 1 saturated heterocycles. The van der Waals surface area contributed by atoms with Gasteiger partial charge < -0.3 is 15.8 Å². The minimum atomic E-state index is -3.32. The molecule has 210 valence electrons. The van der Waals surface area contributed by atoms with E-state index in [0.717, 1.165) is 12.7 Å². The van der Waals surface area contributed by atoms with E-state index in [2.05, 4.69) is 12.2 Å². The van der Waals surface area contributed by atoms with Crippen LogP contribution in [0, 0.1) is 29.5 Å². The molecule has 1 aliphatic heterocycles. The molecule has 1 heterocycles. The Balaban J connectivity index is 1.26. The number of halogens is 1. The Bertz CT molecular complexity index is 1400. The van der Waals surface area contributed by atoms with E-state index in [0.29, 0.717) is 34.4 Å². The van der Waals surface area contributed by atoms with Crippen LogP contribution in [0.5, 0.6) is 0 Å². The largest absolute Gasteiger partial charge is 0.444 e. The molecule has 0 spiro atoms. The fourth-order valence-corrected chi connectivity index (χ4v) is 7.31. The molecule has 2 saturated carbocycles. The highest BCUT2D eigenvalue weighted by atomic mass is 32.2. The van der Waals surface area contributed by atoms with Crippen molar-refractivity contribution in [3.63, 3.8) is 0 Å². The van der Waals surface area contributed by atoms with E-state index in [-0.39, 0.29) is 29.2 Å². The SMILES string of the molecule is CC1C2C3CC(C12)N(C(=O)OC(C)(C)C)C3C(=O)NC(N)Cc1ccc(-c2ccc(S(C)(=O)=O)cc2)cc1F. The van der Waals surface area contributed by atoms with Gasteiger partial charge in [-0.2, -0.15) is 0 Å². The third-order valence-electron chi connectivity index (χ3n) is 8.34. The fraction of sp³-hybridized carbons (Fsp3) is 0.517. The molecule has 2 aliphatic carbocycles. The first-order valence-electron chi connectivity index (χ1n) is 13.3. The average Bonchev–Trinajstić information content (AvgIpc) is 3.18. The highest BCUT2D eigenvalue weighted by Crippen LogP contribution is 2.67. The molecule has 0 radical (unpaired) electrons. The second-order valence-corrected chi connectivity index (χ2v) is 14.3. The van der Waals surface area contributed by atoms with E-state index in [1.165, 1.54) is 18.2 Å². The number of hydrogen-bond acceptors (Lipinski definition) is 6. The quantitative estimate of drug-likeness (QED) is 0.523. The van der Waals surface area contributed by atoms with Crippen molar-refractivity contribution in [3.8, 4) is 11.1 Å². The van der Waals surface area contributed by atoms with Crippen LogP contribution in [0.4, 0.5) is 9.18 Å². The van der Waals surface area contributed by atoms with Crippen LogP contribution in [-0.2, 0) is 25.8 Å². The molecule has 3 N–H and O–H groups in total. The summed E-state index contributed by atoms with van der Waals surface area (Å²) < 4.78 is 44.0. The van der Waals surface area contributed by atoms with Crippen LogP contribution >= 0.6 is 0 Å². The summed E-state index contributed by atoms with van der Waals surface area (Å²) in [4.78, 5) is 28.3. The molecule has 2 aromatic rings. The third kappa shape index (κ3) is 5.28. The monoisotopic (exact) mass is 557 g/mol. The molecule has 3 fully saturated rings. The smallest absolute Gasteiger partial charge is 0.411 e. The van der Waals surface area contributed by atoms with E-state index in [1.54, 1.807) is 49.9 Å². The van der Waals surface area contributed by atoms with Gasteiger partial charge in [0, 0.05) is 18.7 Å². The first-order valence-corrected chi connectivity index (χ1v) is 15.2. The Hall–Kier alpha value is -2.98. The molecule has 10 heteroatoms. The predicted octanol–water partition coefficient (Wildman–Crippen LogP) is 3.73. The van der Waals surface area contributed by atoms with Crippen LogP contribution in [-0.4, -0.2) is 55.4 Å². The van der Waals surface area contributed by atoms with Gasteiger partial charge in [-0.3, -0.25) is 9.69 Å². The van der Waals surface area contributed by atoms with E-state index in [9.17, 15) is 18.0 Å². The van der Waals surface area contributed by atoms with Crippen molar-refractivity contribution < 1.29 is 27.1 Å². The number of nitrogens with one attached hydrogen (secondary N) is 1. The number of rotatable bonds is 6. The summed E-state index contributed by atoms with van der Waals surface area (Å²) in [7, 11) is -3.32. The zero-order chi connectivity index (χ0) is 28.4. The standard InChI is InChI=1S/C29H36FN3O5S/c1-15-24-20-14-22(25(15)24)33(28(35)38-29(2,3)4)26(20)27(34)32-23(31)13-18-7-6-17(12-21(18)30)16-8-10-19(11-9-16)39(5,36)37/h6-12,15,20,22-26H,13-14,31H2,1-5H3,(H,32,34). The molecule has 2 aromatic carbocycles. The molecule has 7 atom stereocenters. The van der Waals surface area contributed by atoms with Gasteiger partial charge in [0.1, 0.15) is 17.5 Å². The number of nitrogens with zero attached hydrogens (tertiary/aromatic N) is 1. The molecule has 39 heavy (non-hydrogen) atoms. The summed E-state index contributed by atoms with van der Waals surface area (Å²) in [5, 5.41) is 2.82. The van der Waals surface area contributed by atoms with E-state index in [1.807, 2.05) is 0 Å². The third-order valence-corrected chi connectivity index (χ3v) is 9.47. The molecule has 8 nitrogen and oxygen atoms in total. The summed E-state index contributed by atoms with van der Waals surface area (Å²) in [6.07, 6.45) is 0.661. The van der Waals surface area contributed by atoms with Crippen LogP contribution in [0.25, 0.3) is 11.1 Å². The summed E-state index contributed by atoms with van der Waals surface area (Å²) in [6, 6.07) is 10.3. The van der Waals surface area contributed by atoms with Gasteiger partial charge in [-0.05, 0) is 85.8 Å².